The molecule has 0 radical (unpaired) electrons. The molecule has 0 amide bonds. The molecule has 1 heterocycles. The van der Waals surface area contributed by atoms with Crippen molar-refractivity contribution in [1.82, 2.24) is 4.90 Å². The van der Waals surface area contributed by atoms with Crippen LogP contribution in [0.3, 0.4) is 0 Å². The summed E-state index contributed by atoms with van der Waals surface area (Å²) in [5, 5.41) is 0.608. The summed E-state index contributed by atoms with van der Waals surface area (Å²) in [4.78, 5) is 14.7. The van der Waals surface area contributed by atoms with E-state index >= 15 is 0 Å². The van der Waals surface area contributed by atoms with Crippen LogP contribution in [0.4, 0.5) is 5.69 Å². The van der Waals surface area contributed by atoms with Crippen LogP contribution in [0.2, 0.25) is 5.02 Å². The highest BCUT2D eigenvalue weighted by Gasteiger charge is 2.27. The summed E-state index contributed by atoms with van der Waals surface area (Å²) in [7, 11) is -3.37. The van der Waals surface area contributed by atoms with Crippen LogP contribution in [-0.2, 0) is 10.0 Å². The summed E-state index contributed by atoms with van der Waals surface area (Å²) in [6.45, 7) is 2.31. The third-order valence-electron chi connectivity index (χ3n) is 5.01. The van der Waals surface area contributed by atoms with E-state index in [1.807, 2.05) is 30.3 Å². The lowest BCUT2D eigenvalue weighted by Gasteiger charge is -2.35. The smallest absolute Gasteiger partial charge is 0.232 e. The maximum Gasteiger partial charge on any atom is 0.232 e. The van der Waals surface area contributed by atoms with E-state index in [9.17, 15) is 13.2 Å². The van der Waals surface area contributed by atoms with Gasteiger partial charge in [-0.05, 0) is 61.7 Å². The van der Waals surface area contributed by atoms with Crippen molar-refractivity contribution >= 4 is 33.1 Å². The van der Waals surface area contributed by atoms with E-state index in [2.05, 4.69) is 4.90 Å². The normalized spacial score (nSPS) is 18.0. The molecule has 1 fully saturated rings. The van der Waals surface area contributed by atoms with Gasteiger partial charge in [-0.1, -0.05) is 29.8 Å². The molecule has 0 spiro atoms. The molecular formula is C21H25ClN2O3S. The van der Waals surface area contributed by atoms with E-state index in [1.165, 1.54) is 10.6 Å². The average molecular weight is 421 g/mol. The predicted molar refractivity (Wildman–Crippen MR) is 114 cm³/mol. The number of likely N-dealkylation sites (tertiary alicyclic amines) is 1. The number of Topliss-reactive ketones (excluding diaryl/α,β-unsaturated/α-hetero) is 1. The van der Waals surface area contributed by atoms with Gasteiger partial charge in [-0.25, -0.2) is 8.42 Å². The zero-order valence-corrected chi connectivity index (χ0v) is 17.5. The number of benzene rings is 2. The Morgan fingerprint density at radius 2 is 1.82 bits per heavy atom. The van der Waals surface area contributed by atoms with Crippen molar-refractivity contribution in [3.63, 3.8) is 0 Å². The number of carbonyl (C=O) groups excluding carboxylic acids is 1. The predicted octanol–water partition coefficient (Wildman–Crippen LogP) is 3.70. The minimum Gasteiger partial charge on any atom is -0.295 e. The molecule has 0 bridgehead atoms. The quantitative estimate of drug-likeness (QED) is 0.641. The van der Waals surface area contributed by atoms with E-state index in [0.29, 0.717) is 35.9 Å². The largest absolute Gasteiger partial charge is 0.295 e. The van der Waals surface area contributed by atoms with Gasteiger partial charge in [-0.3, -0.25) is 14.0 Å². The number of hydrogen-bond donors (Lipinski definition) is 0. The van der Waals surface area contributed by atoms with Gasteiger partial charge >= 0.3 is 0 Å². The van der Waals surface area contributed by atoms with Crippen LogP contribution in [0.1, 0.15) is 23.2 Å². The Morgan fingerprint density at radius 1 is 1.14 bits per heavy atom. The van der Waals surface area contributed by atoms with Crippen LogP contribution in [0.25, 0.3) is 0 Å². The van der Waals surface area contributed by atoms with Gasteiger partial charge in [0.15, 0.2) is 5.78 Å². The molecule has 2 aromatic rings. The second-order valence-corrected chi connectivity index (χ2v) is 9.65. The molecule has 0 aromatic heterocycles. The summed E-state index contributed by atoms with van der Waals surface area (Å²) in [5.41, 5.74) is 1.33. The van der Waals surface area contributed by atoms with Crippen molar-refractivity contribution < 1.29 is 13.2 Å². The van der Waals surface area contributed by atoms with Crippen molar-refractivity contribution in [2.24, 2.45) is 5.92 Å². The van der Waals surface area contributed by atoms with Crippen LogP contribution >= 0.6 is 11.6 Å². The molecule has 1 atom stereocenters. The van der Waals surface area contributed by atoms with Crippen LogP contribution < -0.4 is 4.31 Å². The Hall–Kier alpha value is -1.89. The van der Waals surface area contributed by atoms with Gasteiger partial charge in [-0.2, -0.15) is 0 Å². The number of halogens is 1. The van der Waals surface area contributed by atoms with Gasteiger partial charge < -0.3 is 0 Å². The molecule has 2 aromatic carbocycles. The fraction of sp³-hybridized carbons (Fsp3) is 0.381. The minimum absolute atomic E-state index is 0.0559. The van der Waals surface area contributed by atoms with Gasteiger partial charge in [0, 0.05) is 23.7 Å². The van der Waals surface area contributed by atoms with Crippen molar-refractivity contribution in [3.05, 3.63) is 65.2 Å². The fourth-order valence-corrected chi connectivity index (χ4v) is 4.75. The molecule has 0 saturated carbocycles. The summed E-state index contributed by atoms with van der Waals surface area (Å²) in [5.74, 6) is 0.238. The first-order valence-corrected chi connectivity index (χ1v) is 11.6. The number of para-hydroxylation sites is 1. The molecule has 1 aliphatic heterocycles. The lowest BCUT2D eigenvalue weighted by molar-refractivity contribution is 0.0889. The molecular weight excluding hydrogens is 396 g/mol. The highest BCUT2D eigenvalue weighted by molar-refractivity contribution is 7.92. The molecule has 7 heteroatoms. The van der Waals surface area contributed by atoms with Gasteiger partial charge in [0.05, 0.1) is 18.5 Å². The first-order chi connectivity index (χ1) is 13.3. The average Bonchev–Trinajstić information content (AvgIpc) is 2.67. The van der Waals surface area contributed by atoms with E-state index < -0.39 is 10.0 Å². The zero-order valence-electron chi connectivity index (χ0n) is 15.9. The first-order valence-electron chi connectivity index (χ1n) is 9.37. The van der Waals surface area contributed by atoms with E-state index in [4.69, 9.17) is 11.6 Å². The second-order valence-electron chi connectivity index (χ2n) is 7.30. The Labute approximate surface area is 172 Å². The first kappa shape index (κ1) is 20.8. The molecule has 0 aliphatic carbocycles. The molecule has 5 nitrogen and oxygen atoms in total. The van der Waals surface area contributed by atoms with E-state index in [0.717, 1.165) is 19.4 Å². The SMILES string of the molecule is CS(=O)(=O)N(CC1CCCN(CC(=O)c2ccc(Cl)cc2)C1)c1ccccc1. The Morgan fingerprint density at radius 3 is 2.46 bits per heavy atom. The maximum atomic E-state index is 12.5. The van der Waals surface area contributed by atoms with Crippen molar-refractivity contribution in [2.45, 2.75) is 12.8 Å². The van der Waals surface area contributed by atoms with Gasteiger partial charge in [0.1, 0.15) is 0 Å². The molecule has 1 saturated heterocycles. The summed E-state index contributed by atoms with van der Waals surface area (Å²) >= 11 is 5.89. The summed E-state index contributed by atoms with van der Waals surface area (Å²) in [6, 6.07) is 16.1. The number of carbonyl (C=O) groups is 1. The van der Waals surface area contributed by atoms with Crippen LogP contribution in [0.15, 0.2) is 54.6 Å². The highest BCUT2D eigenvalue weighted by Crippen LogP contribution is 2.24. The molecule has 1 aliphatic rings. The molecule has 1 unspecified atom stereocenters. The monoisotopic (exact) mass is 420 g/mol. The van der Waals surface area contributed by atoms with Crippen molar-refractivity contribution in [3.8, 4) is 0 Å². The molecule has 0 N–H and O–H groups in total. The number of hydrogen-bond acceptors (Lipinski definition) is 4. The highest BCUT2D eigenvalue weighted by atomic mass is 35.5. The lowest BCUT2D eigenvalue weighted by atomic mass is 9.97. The van der Waals surface area contributed by atoms with Crippen molar-refractivity contribution in [2.75, 3.05) is 36.7 Å². The minimum atomic E-state index is -3.37. The van der Waals surface area contributed by atoms with E-state index in [-0.39, 0.29) is 11.7 Å². The third kappa shape index (κ3) is 5.56. The zero-order chi connectivity index (χ0) is 20.1. The van der Waals surface area contributed by atoms with Crippen LogP contribution in [0.5, 0.6) is 0 Å². The van der Waals surface area contributed by atoms with Crippen molar-refractivity contribution in [1.29, 1.82) is 0 Å². The summed E-state index contributed by atoms with van der Waals surface area (Å²) < 4.78 is 26.1. The number of ketones is 1. The number of anilines is 1. The molecule has 3 rings (SSSR count). The third-order valence-corrected chi connectivity index (χ3v) is 6.42. The van der Waals surface area contributed by atoms with E-state index in [1.54, 1.807) is 24.3 Å². The van der Waals surface area contributed by atoms with Gasteiger partial charge in [-0.15, -0.1) is 0 Å². The fourth-order valence-electron chi connectivity index (χ4n) is 3.64. The lowest BCUT2D eigenvalue weighted by Crippen LogP contribution is -2.44. The Kier molecular flexibility index (Phi) is 6.75. The van der Waals surface area contributed by atoms with Gasteiger partial charge in [0.25, 0.3) is 0 Å². The molecule has 28 heavy (non-hydrogen) atoms. The number of sulfonamides is 1. The number of nitrogens with zero attached hydrogens (tertiary/aromatic N) is 2. The topological polar surface area (TPSA) is 57.7 Å². The maximum absolute atomic E-state index is 12.5. The molecule has 150 valence electrons. The Balaban J connectivity index is 1.65. The standard InChI is InChI=1S/C21H25ClN2O3S/c1-28(26,27)24(20-7-3-2-4-8-20)15-17-6-5-13-23(14-17)16-21(25)18-9-11-19(22)12-10-18/h2-4,7-12,17H,5-6,13-16H2,1H3. The van der Waals surface area contributed by atoms with Crippen LogP contribution in [-0.4, -0.2) is 51.5 Å². The number of rotatable bonds is 7. The second kappa shape index (κ2) is 9.07. The Bertz CT molecular complexity index is 901. The van der Waals surface area contributed by atoms with Crippen LogP contribution in [0, 0.1) is 5.92 Å². The van der Waals surface area contributed by atoms with Gasteiger partial charge in [0.2, 0.25) is 10.0 Å². The summed E-state index contributed by atoms with van der Waals surface area (Å²) in [6.07, 6.45) is 3.14. The number of piperidine rings is 1.